The summed E-state index contributed by atoms with van der Waals surface area (Å²) in [6, 6.07) is 13.1. The molecule has 1 atom stereocenters. The van der Waals surface area contributed by atoms with E-state index < -0.39 is 11.5 Å². The third kappa shape index (κ3) is 9.17. The average molecular weight is 653 g/mol. The number of nitrogens with two attached hydrogens (primary N) is 2. The summed E-state index contributed by atoms with van der Waals surface area (Å²) in [4.78, 5) is 27.2. The molecule has 0 bridgehead atoms. The lowest BCUT2D eigenvalue weighted by atomic mass is 10.0. The molecule has 5 rings (SSSR count). The lowest BCUT2D eigenvalue weighted by Gasteiger charge is -2.25. The topological polar surface area (TPSA) is 130 Å². The number of thioether (sulfide) groups is 1. The Balaban J connectivity index is 1.18. The fourth-order valence-electron chi connectivity index (χ4n) is 5.41. The first-order valence-electron chi connectivity index (χ1n) is 15.5. The zero-order valence-electron chi connectivity index (χ0n) is 25.7. The van der Waals surface area contributed by atoms with Crippen LogP contribution in [0.25, 0.3) is 28.0 Å². The van der Waals surface area contributed by atoms with Crippen molar-refractivity contribution in [2.75, 3.05) is 44.2 Å². The van der Waals surface area contributed by atoms with Gasteiger partial charge < -0.3 is 21.8 Å². The predicted molar refractivity (Wildman–Crippen MR) is 185 cm³/mol. The number of aromatic nitrogens is 3. The Morgan fingerprint density at radius 2 is 1.96 bits per heavy atom. The molecule has 9 nitrogen and oxygen atoms in total. The highest BCUT2D eigenvalue weighted by atomic mass is 35.5. The molecular weight excluding hydrogens is 611 g/mol. The summed E-state index contributed by atoms with van der Waals surface area (Å²) in [5.41, 5.74) is 15.5. The minimum absolute atomic E-state index is 0.0601. The van der Waals surface area contributed by atoms with E-state index >= 15 is 4.39 Å². The van der Waals surface area contributed by atoms with Gasteiger partial charge in [0, 0.05) is 60.9 Å². The van der Waals surface area contributed by atoms with Gasteiger partial charge in [0.05, 0.1) is 22.9 Å². The summed E-state index contributed by atoms with van der Waals surface area (Å²) in [5, 5.41) is 4.19. The number of hydrogen-bond acceptors (Lipinski definition) is 7. The number of H-pyrrole nitrogens is 1. The zero-order valence-corrected chi connectivity index (χ0v) is 27.3. The van der Waals surface area contributed by atoms with E-state index in [4.69, 9.17) is 23.1 Å². The van der Waals surface area contributed by atoms with E-state index in [9.17, 15) is 4.79 Å². The van der Waals surface area contributed by atoms with Crippen LogP contribution in [-0.2, 0) is 13.0 Å². The molecule has 12 heteroatoms. The number of hydrogen-bond donors (Lipinski definition) is 4. The van der Waals surface area contributed by atoms with Crippen molar-refractivity contribution in [1.82, 2.24) is 24.8 Å². The second-order valence-electron chi connectivity index (χ2n) is 11.6. The van der Waals surface area contributed by atoms with Gasteiger partial charge in [-0.3, -0.25) is 14.5 Å². The molecule has 0 spiro atoms. The van der Waals surface area contributed by atoms with Gasteiger partial charge in [0.15, 0.2) is 5.82 Å². The molecule has 0 radical (unpaired) electrons. The molecule has 240 valence electrons. The quantitative estimate of drug-likeness (QED) is 0.0880. The monoisotopic (exact) mass is 652 g/mol. The van der Waals surface area contributed by atoms with E-state index in [0.29, 0.717) is 46.9 Å². The van der Waals surface area contributed by atoms with Crippen molar-refractivity contribution in [3.05, 3.63) is 81.1 Å². The second kappa shape index (κ2) is 15.9. The summed E-state index contributed by atoms with van der Waals surface area (Å²) in [5.74, 6) is 2.53. The summed E-state index contributed by atoms with van der Waals surface area (Å²) in [7, 11) is 0. The first-order chi connectivity index (χ1) is 21.8. The maximum Gasteiger partial charge on any atom is 0.354 e. The van der Waals surface area contributed by atoms with E-state index in [1.165, 1.54) is 16.1 Å². The Kier molecular flexibility index (Phi) is 11.7. The smallest absolute Gasteiger partial charge is 0.354 e. The largest absolute Gasteiger partial charge is 0.386 e. The number of nitrogens with zero attached hydrogens (tertiary/aromatic N) is 4. The van der Waals surface area contributed by atoms with Gasteiger partial charge in [-0.1, -0.05) is 23.7 Å². The van der Waals surface area contributed by atoms with Crippen LogP contribution in [0.3, 0.4) is 0 Å². The maximum atomic E-state index is 15.1. The van der Waals surface area contributed by atoms with E-state index in [1.807, 2.05) is 43.0 Å². The van der Waals surface area contributed by atoms with Gasteiger partial charge in [-0.25, -0.2) is 9.18 Å². The van der Waals surface area contributed by atoms with Gasteiger partial charge in [0.25, 0.3) is 0 Å². The van der Waals surface area contributed by atoms with Crippen molar-refractivity contribution in [3.8, 4) is 16.9 Å². The number of fused-ring (bicyclic) bond motifs is 1. The van der Waals surface area contributed by atoms with E-state index in [1.54, 1.807) is 24.4 Å². The number of amidine groups is 1. The molecule has 0 aliphatic carbocycles. The molecule has 0 amide bonds. The number of aliphatic imine (C=N–C) groups is 1. The molecule has 0 saturated carbocycles. The van der Waals surface area contributed by atoms with Crippen molar-refractivity contribution in [2.45, 2.75) is 45.2 Å². The van der Waals surface area contributed by atoms with Crippen LogP contribution in [0, 0.1) is 5.82 Å². The summed E-state index contributed by atoms with van der Waals surface area (Å²) >= 11 is 8.24. The third-order valence-corrected chi connectivity index (χ3v) is 9.09. The fourth-order valence-corrected chi connectivity index (χ4v) is 6.63. The van der Waals surface area contributed by atoms with Crippen molar-refractivity contribution in [3.63, 3.8) is 0 Å². The highest BCUT2D eigenvalue weighted by Gasteiger charge is 2.16. The Bertz CT molecular complexity index is 1660. The van der Waals surface area contributed by atoms with E-state index in [0.717, 1.165) is 63.0 Å². The second-order valence-corrected chi connectivity index (χ2v) is 13.3. The normalized spacial score (nSPS) is 15.2. The van der Waals surface area contributed by atoms with Crippen LogP contribution in [0.1, 0.15) is 37.3 Å². The standard InChI is InChI=1S/C33H42ClFN8OS/c1-22(36)4-2-5-24-16-27(31(35)28(34)17-24)29-18-25-20-43(33(44)41-32(25)40-29)26-8-6-23(7-9-26)19-38-10-3-11-39-30(37)21-42-12-14-45-15-13-42/h6-9,16-18,20,22,38H,2-5,10-15,19,21,36H2,1H3,(H2,37,39)(H,40,41,44). The lowest BCUT2D eigenvalue weighted by molar-refractivity contribution is 0.344. The van der Waals surface area contributed by atoms with Crippen molar-refractivity contribution >= 4 is 40.2 Å². The lowest BCUT2D eigenvalue weighted by Crippen LogP contribution is -2.39. The number of benzene rings is 2. The zero-order chi connectivity index (χ0) is 31.8. The number of nitrogens with one attached hydrogen (secondary N) is 2. The van der Waals surface area contributed by atoms with Crippen molar-refractivity contribution in [1.29, 1.82) is 0 Å². The van der Waals surface area contributed by atoms with Gasteiger partial charge in [0.1, 0.15) is 11.5 Å². The molecule has 4 aromatic rings. The van der Waals surface area contributed by atoms with Crippen LogP contribution >= 0.6 is 23.4 Å². The summed E-state index contributed by atoms with van der Waals surface area (Å²) in [6.45, 7) is 7.13. The van der Waals surface area contributed by atoms with Gasteiger partial charge in [-0.2, -0.15) is 16.7 Å². The van der Waals surface area contributed by atoms with Crippen LogP contribution in [0.4, 0.5) is 4.39 Å². The average Bonchev–Trinajstić information content (AvgIpc) is 3.43. The van der Waals surface area contributed by atoms with Crippen molar-refractivity contribution < 1.29 is 4.39 Å². The van der Waals surface area contributed by atoms with Crippen LogP contribution in [0.5, 0.6) is 0 Å². The number of rotatable bonds is 14. The molecule has 1 aliphatic heterocycles. The van der Waals surface area contributed by atoms with E-state index in [2.05, 4.69) is 25.2 Å². The van der Waals surface area contributed by atoms with Crippen LogP contribution in [0.15, 0.2) is 58.4 Å². The van der Waals surface area contributed by atoms with Crippen molar-refractivity contribution in [2.24, 2.45) is 16.5 Å². The molecule has 45 heavy (non-hydrogen) atoms. The third-order valence-electron chi connectivity index (χ3n) is 7.87. The first kappa shape index (κ1) is 33.2. The molecule has 1 aliphatic rings. The molecule has 1 fully saturated rings. The Hall–Kier alpha value is -3.22. The predicted octanol–water partition coefficient (Wildman–Crippen LogP) is 4.73. The highest BCUT2D eigenvalue weighted by molar-refractivity contribution is 7.99. The van der Waals surface area contributed by atoms with Gasteiger partial charge in [-0.05, 0) is 80.6 Å². The van der Waals surface area contributed by atoms with Gasteiger partial charge >= 0.3 is 5.69 Å². The van der Waals surface area contributed by atoms with Gasteiger partial charge in [-0.15, -0.1) is 0 Å². The number of aromatic amines is 1. The SMILES string of the molecule is CC(N)CCCc1cc(Cl)c(F)c(-c2cc3cn(-c4ccc(CNCCCN=C(N)CN5CCSCC5)cc4)c(=O)nc3[nH]2)c1. The van der Waals surface area contributed by atoms with E-state index in [-0.39, 0.29) is 11.1 Å². The minimum Gasteiger partial charge on any atom is -0.386 e. The fraction of sp³-hybridized carbons (Fsp3) is 0.424. The molecule has 3 heterocycles. The maximum absolute atomic E-state index is 15.1. The molecule has 2 aromatic heterocycles. The molecular formula is C33H42ClFN8OS. The van der Waals surface area contributed by atoms with Crippen LogP contribution in [0.2, 0.25) is 5.02 Å². The Morgan fingerprint density at radius 3 is 2.71 bits per heavy atom. The Labute approximate surface area is 272 Å². The number of aryl methyl sites for hydroxylation is 1. The highest BCUT2D eigenvalue weighted by Crippen LogP contribution is 2.31. The van der Waals surface area contributed by atoms with Crippen LogP contribution < -0.4 is 22.5 Å². The molecule has 6 N–H and O–H groups in total. The molecule has 2 aromatic carbocycles. The molecule has 1 saturated heterocycles. The van der Waals surface area contributed by atoms with Gasteiger partial charge in [0.2, 0.25) is 0 Å². The molecule has 1 unspecified atom stereocenters. The minimum atomic E-state index is -0.511. The Morgan fingerprint density at radius 1 is 1.18 bits per heavy atom. The summed E-state index contributed by atoms with van der Waals surface area (Å²) in [6.07, 6.45) is 5.12. The van der Waals surface area contributed by atoms with Crippen LogP contribution in [-0.4, -0.2) is 75.5 Å². The summed E-state index contributed by atoms with van der Waals surface area (Å²) < 4.78 is 16.6. The number of halogens is 2. The first-order valence-corrected chi connectivity index (χ1v) is 17.1.